The van der Waals surface area contributed by atoms with E-state index in [-0.39, 0.29) is 6.04 Å². The number of ether oxygens (including phenoxy) is 2. The molecule has 1 aromatic rings. The van der Waals surface area contributed by atoms with Crippen molar-refractivity contribution in [2.24, 2.45) is 5.84 Å². The predicted octanol–water partition coefficient (Wildman–Crippen LogP) is 2.67. The van der Waals surface area contributed by atoms with Gasteiger partial charge in [-0.05, 0) is 31.5 Å². The van der Waals surface area contributed by atoms with Crippen LogP contribution < -0.4 is 16.0 Å². The molecule has 18 heavy (non-hydrogen) atoms. The van der Waals surface area contributed by atoms with Gasteiger partial charge >= 0.3 is 0 Å². The Bertz CT molecular complexity index is 395. The number of hydrogen-bond acceptors (Lipinski definition) is 4. The molecule has 1 rings (SSSR count). The molecule has 2 atom stereocenters. The van der Waals surface area contributed by atoms with Gasteiger partial charge in [0.05, 0.1) is 18.8 Å². The van der Waals surface area contributed by atoms with Crippen molar-refractivity contribution in [2.75, 3.05) is 14.2 Å². The second-order valence-corrected chi connectivity index (χ2v) is 4.79. The molecule has 0 fully saturated rings. The summed E-state index contributed by atoms with van der Waals surface area (Å²) in [7, 11) is 3.29. The lowest BCUT2D eigenvalue weighted by atomic mass is 9.87. The number of benzene rings is 1. The van der Waals surface area contributed by atoms with Crippen molar-refractivity contribution in [3.05, 3.63) is 28.8 Å². The van der Waals surface area contributed by atoms with Gasteiger partial charge < -0.3 is 9.47 Å². The van der Waals surface area contributed by atoms with E-state index in [0.717, 1.165) is 17.7 Å². The minimum absolute atomic E-state index is 0.207. The first-order chi connectivity index (χ1) is 8.52. The van der Waals surface area contributed by atoms with E-state index in [4.69, 9.17) is 26.9 Å². The first kappa shape index (κ1) is 15.2. The van der Waals surface area contributed by atoms with Crippen LogP contribution in [0.25, 0.3) is 0 Å². The van der Waals surface area contributed by atoms with Crippen LogP contribution in [0.15, 0.2) is 18.2 Å². The summed E-state index contributed by atoms with van der Waals surface area (Å²) in [6.45, 7) is 4.04. The van der Waals surface area contributed by atoms with Gasteiger partial charge in [0, 0.05) is 17.7 Å². The molecular weight excluding hydrogens is 252 g/mol. The van der Waals surface area contributed by atoms with Crippen LogP contribution >= 0.6 is 11.6 Å². The molecule has 0 aliphatic carbocycles. The first-order valence-corrected chi connectivity index (χ1v) is 6.25. The summed E-state index contributed by atoms with van der Waals surface area (Å²) in [4.78, 5) is 0. The molecule has 3 N–H and O–H groups in total. The third-order valence-electron chi connectivity index (χ3n) is 3.45. The molecule has 102 valence electrons. The van der Waals surface area contributed by atoms with Gasteiger partial charge in [0.2, 0.25) is 0 Å². The molecule has 0 heterocycles. The van der Waals surface area contributed by atoms with E-state index in [9.17, 15) is 0 Å². The molecule has 4 nitrogen and oxygen atoms in total. The summed E-state index contributed by atoms with van der Waals surface area (Å²) < 4.78 is 11.0. The highest BCUT2D eigenvalue weighted by molar-refractivity contribution is 6.30. The van der Waals surface area contributed by atoms with Crippen LogP contribution in [0.5, 0.6) is 5.75 Å². The number of nitrogens with two attached hydrogens (primary N) is 1. The van der Waals surface area contributed by atoms with Gasteiger partial charge in [0.1, 0.15) is 5.75 Å². The summed E-state index contributed by atoms with van der Waals surface area (Å²) >= 11 is 6.05. The van der Waals surface area contributed by atoms with Crippen LogP contribution in [0.4, 0.5) is 0 Å². The van der Waals surface area contributed by atoms with E-state index in [2.05, 4.69) is 5.43 Å². The predicted molar refractivity (Wildman–Crippen MR) is 73.8 cm³/mol. The Balaban J connectivity index is 3.27. The number of halogens is 1. The Kier molecular flexibility index (Phi) is 5.41. The number of methoxy groups -OCH3 is 2. The summed E-state index contributed by atoms with van der Waals surface area (Å²) in [5, 5.41) is 0.639. The van der Waals surface area contributed by atoms with E-state index in [1.54, 1.807) is 20.3 Å². The van der Waals surface area contributed by atoms with Crippen molar-refractivity contribution >= 4 is 11.6 Å². The number of nitrogens with one attached hydrogen (secondary N) is 1. The topological polar surface area (TPSA) is 56.5 Å². The highest BCUT2D eigenvalue weighted by Crippen LogP contribution is 2.37. The average Bonchev–Trinajstić information content (AvgIpc) is 2.39. The van der Waals surface area contributed by atoms with Crippen molar-refractivity contribution in [3.8, 4) is 5.75 Å². The van der Waals surface area contributed by atoms with Gasteiger partial charge in [-0.3, -0.25) is 5.84 Å². The van der Waals surface area contributed by atoms with Crippen LogP contribution in [0, 0.1) is 0 Å². The van der Waals surface area contributed by atoms with Gasteiger partial charge in [0.15, 0.2) is 0 Å². The Labute approximate surface area is 113 Å². The van der Waals surface area contributed by atoms with Gasteiger partial charge in [-0.1, -0.05) is 18.5 Å². The quantitative estimate of drug-likeness (QED) is 0.617. The van der Waals surface area contributed by atoms with Crippen molar-refractivity contribution in [1.82, 2.24) is 5.43 Å². The standard InChI is InChI=1S/C13H21ClN2O2/c1-5-13(2,18-4)12(16-15)10-8-9(14)6-7-11(10)17-3/h6-8,12,16H,5,15H2,1-4H3. The van der Waals surface area contributed by atoms with E-state index in [1.165, 1.54) is 0 Å². The lowest BCUT2D eigenvalue weighted by Gasteiger charge is -2.36. The van der Waals surface area contributed by atoms with Crippen molar-refractivity contribution < 1.29 is 9.47 Å². The van der Waals surface area contributed by atoms with Crippen molar-refractivity contribution in [2.45, 2.75) is 31.9 Å². The third kappa shape index (κ3) is 2.95. The SMILES string of the molecule is CCC(C)(OC)C(NN)c1cc(Cl)ccc1OC. The fraction of sp³-hybridized carbons (Fsp3) is 0.538. The van der Waals surface area contributed by atoms with Crippen LogP contribution in [0.1, 0.15) is 31.9 Å². The Morgan fingerprint density at radius 3 is 2.56 bits per heavy atom. The molecule has 2 unspecified atom stereocenters. The zero-order chi connectivity index (χ0) is 13.8. The Morgan fingerprint density at radius 2 is 2.11 bits per heavy atom. The maximum Gasteiger partial charge on any atom is 0.123 e. The lowest BCUT2D eigenvalue weighted by Crippen LogP contribution is -2.45. The molecule has 0 saturated heterocycles. The lowest BCUT2D eigenvalue weighted by molar-refractivity contribution is -0.0305. The second-order valence-electron chi connectivity index (χ2n) is 4.36. The maximum atomic E-state index is 6.05. The summed E-state index contributed by atoms with van der Waals surface area (Å²) in [5.41, 5.74) is 3.25. The highest BCUT2D eigenvalue weighted by Gasteiger charge is 2.35. The minimum atomic E-state index is -0.438. The van der Waals surface area contributed by atoms with E-state index < -0.39 is 5.60 Å². The normalized spacial score (nSPS) is 16.1. The highest BCUT2D eigenvalue weighted by atomic mass is 35.5. The monoisotopic (exact) mass is 272 g/mol. The number of hydrogen-bond donors (Lipinski definition) is 2. The summed E-state index contributed by atoms with van der Waals surface area (Å²) in [5.74, 6) is 6.42. The van der Waals surface area contributed by atoms with Crippen LogP contribution in [0.3, 0.4) is 0 Å². The smallest absolute Gasteiger partial charge is 0.123 e. The van der Waals surface area contributed by atoms with Gasteiger partial charge in [-0.25, -0.2) is 5.43 Å². The minimum Gasteiger partial charge on any atom is -0.496 e. The molecule has 0 radical (unpaired) electrons. The van der Waals surface area contributed by atoms with E-state index >= 15 is 0 Å². The Hall–Kier alpha value is -0.810. The number of rotatable bonds is 6. The fourth-order valence-electron chi connectivity index (χ4n) is 1.99. The molecule has 0 aliphatic heterocycles. The molecule has 0 aromatic heterocycles. The van der Waals surface area contributed by atoms with E-state index in [1.807, 2.05) is 26.0 Å². The Morgan fingerprint density at radius 1 is 1.44 bits per heavy atom. The molecule has 5 heteroatoms. The third-order valence-corrected chi connectivity index (χ3v) is 3.68. The van der Waals surface area contributed by atoms with Crippen molar-refractivity contribution in [1.29, 1.82) is 0 Å². The van der Waals surface area contributed by atoms with Crippen LogP contribution in [0.2, 0.25) is 5.02 Å². The summed E-state index contributed by atoms with van der Waals surface area (Å²) in [6, 6.07) is 5.25. The number of hydrazine groups is 1. The van der Waals surface area contributed by atoms with E-state index in [0.29, 0.717) is 5.02 Å². The first-order valence-electron chi connectivity index (χ1n) is 5.87. The van der Waals surface area contributed by atoms with Gasteiger partial charge in [0.25, 0.3) is 0 Å². The second kappa shape index (κ2) is 6.38. The van der Waals surface area contributed by atoms with Crippen LogP contribution in [-0.2, 0) is 4.74 Å². The average molecular weight is 273 g/mol. The largest absolute Gasteiger partial charge is 0.496 e. The molecular formula is C13H21ClN2O2. The zero-order valence-corrected chi connectivity index (χ0v) is 12.0. The molecule has 0 bridgehead atoms. The molecule has 1 aromatic carbocycles. The van der Waals surface area contributed by atoms with Crippen LogP contribution in [-0.4, -0.2) is 19.8 Å². The van der Waals surface area contributed by atoms with Crippen molar-refractivity contribution in [3.63, 3.8) is 0 Å². The molecule has 0 spiro atoms. The zero-order valence-electron chi connectivity index (χ0n) is 11.3. The summed E-state index contributed by atoms with van der Waals surface area (Å²) in [6.07, 6.45) is 0.800. The maximum absolute atomic E-state index is 6.05. The molecule has 0 amide bonds. The fourth-order valence-corrected chi connectivity index (χ4v) is 2.17. The molecule has 0 aliphatic rings. The van der Waals surface area contributed by atoms with Gasteiger partial charge in [-0.15, -0.1) is 0 Å². The molecule has 0 saturated carbocycles. The van der Waals surface area contributed by atoms with Gasteiger partial charge in [-0.2, -0.15) is 0 Å².